The highest BCUT2D eigenvalue weighted by molar-refractivity contribution is 6.37. The highest BCUT2D eigenvalue weighted by atomic mass is 16.6. The van der Waals surface area contributed by atoms with Crippen LogP contribution in [0.2, 0.25) is 0 Å². The molecule has 0 radical (unpaired) electrons. The van der Waals surface area contributed by atoms with E-state index in [1.807, 2.05) is 0 Å². The Morgan fingerprint density at radius 1 is 1.03 bits per heavy atom. The zero-order valence-corrected chi connectivity index (χ0v) is 17.4. The number of aromatic nitrogens is 2. The molecule has 29 heavy (non-hydrogen) atoms. The number of carbonyl (C=O) groups is 1. The first-order chi connectivity index (χ1) is 13.7. The monoisotopic (exact) mass is 402 g/mol. The molecule has 0 aliphatic rings. The van der Waals surface area contributed by atoms with Crippen LogP contribution in [0, 0.1) is 5.41 Å². The molecule has 1 aromatic carbocycles. The number of carbonyl (C=O) groups excluding carboxylic acids is 1. The van der Waals surface area contributed by atoms with E-state index in [-0.39, 0.29) is 11.7 Å². The molecule has 156 valence electrons. The van der Waals surface area contributed by atoms with Crippen molar-refractivity contribution in [1.29, 1.82) is 5.41 Å². The van der Waals surface area contributed by atoms with Crippen molar-refractivity contribution in [3.63, 3.8) is 0 Å². The fourth-order valence-corrected chi connectivity index (χ4v) is 2.54. The van der Waals surface area contributed by atoms with E-state index in [1.54, 1.807) is 51.4 Å². The molecule has 0 aliphatic carbocycles. The van der Waals surface area contributed by atoms with E-state index in [0.29, 0.717) is 22.8 Å². The lowest BCUT2D eigenvalue weighted by atomic mass is 10.0. The molecule has 1 aromatic heterocycles. The molecule has 1 unspecified atom stereocenters. The van der Waals surface area contributed by atoms with Gasteiger partial charge in [0.15, 0.2) is 11.5 Å². The van der Waals surface area contributed by atoms with Crippen LogP contribution in [0.4, 0.5) is 5.95 Å². The Bertz CT molecular complexity index is 840. The second-order valence-electron chi connectivity index (χ2n) is 7.02. The first-order valence-corrected chi connectivity index (χ1v) is 8.85. The largest absolute Gasteiger partial charge is 0.493 e. The normalized spacial score (nSPS) is 11.9. The maximum atomic E-state index is 12.6. The predicted molar refractivity (Wildman–Crippen MR) is 108 cm³/mol. The van der Waals surface area contributed by atoms with E-state index in [9.17, 15) is 4.79 Å². The number of hydrogen-bond donors (Lipinski definition) is 2. The van der Waals surface area contributed by atoms with Crippen LogP contribution in [0.1, 0.15) is 32.4 Å². The lowest BCUT2D eigenvalue weighted by Gasteiger charge is -2.24. The summed E-state index contributed by atoms with van der Waals surface area (Å²) in [5.74, 6) is 0.663. The van der Waals surface area contributed by atoms with Crippen molar-refractivity contribution in [3.8, 4) is 17.2 Å². The fraction of sp³-hybridized carbons (Fsp3) is 0.400. The van der Waals surface area contributed by atoms with E-state index in [1.165, 1.54) is 21.3 Å². The first-order valence-electron chi connectivity index (χ1n) is 8.85. The van der Waals surface area contributed by atoms with Crippen molar-refractivity contribution in [2.45, 2.75) is 32.4 Å². The van der Waals surface area contributed by atoms with Gasteiger partial charge in [-0.25, -0.2) is 14.8 Å². The quantitative estimate of drug-likeness (QED) is 0.511. The Labute approximate surface area is 169 Å². The molecule has 0 fully saturated rings. The molecule has 0 aliphatic heterocycles. The van der Waals surface area contributed by atoms with Gasteiger partial charge in [0, 0.05) is 12.4 Å². The van der Waals surface area contributed by atoms with E-state index < -0.39 is 17.6 Å². The van der Waals surface area contributed by atoms with Crippen LogP contribution >= 0.6 is 0 Å². The summed E-state index contributed by atoms with van der Waals surface area (Å²) in [5.41, 5.74) is -0.545. The van der Waals surface area contributed by atoms with Crippen LogP contribution < -0.4 is 19.5 Å². The molecule has 0 saturated carbocycles. The number of methoxy groups -OCH3 is 3. The molecule has 0 spiro atoms. The molecule has 2 rings (SSSR count). The van der Waals surface area contributed by atoms with Gasteiger partial charge in [-0.05, 0) is 44.5 Å². The van der Waals surface area contributed by atoms with Gasteiger partial charge in [0.2, 0.25) is 11.7 Å². The smallest absolute Gasteiger partial charge is 0.355 e. The van der Waals surface area contributed by atoms with Crippen molar-refractivity contribution in [1.82, 2.24) is 9.97 Å². The summed E-state index contributed by atoms with van der Waals surface area (Å²) in [4.78, 5) is 20.8. The van der Waals surface area contributed by atoms with Crippen molar-refractivity contribution in [2.24, 2.45) is 0 Å². The molecule has 9 heteroatoms. The number of benzene rings is 1. The maximum Gasteiger partial charge on any atom is 0.355 e. The minimum absolute atomic E-state index is 0.250. The Morgan fingerprint density at radius 2 is 1.59 bits per heavy atom. The third kappa shape index (κ3) is 5.56. The number of esters is 1. The standard InChI is InChI=1S/C20H26N4O5/c1-20(2,3)29-18(25)15(21)16(24-19-22-8-7-9-23-19)12-10-13(26-4)17(28-6)14(11-12)27-5/h7-11,16,21H,1-6H3,(H,22,23,24). The van der Waals surface area contributed by atoms with Gasteiger partial charge in [-0.3, -0.25) is 5.41 Å². The molecule has 1 atom stereocenters. The molecule has 1 heterocycles. The zero-order valence-electron chi connectivity index (χ0n) is 17.4. The summed E-state index contributed by atoms with van der Waals surface area (Å²) in [6, 6.07) is 4.06. The number of nitrogens with zero attached hydrogens (tertiary/aromatic N) is 2. The number of nitrogens with one attached hydrogen (secondary N) is 2. The Morgan fingerprint density at radius 3 is 2.03 bits per heavy atom. The maximum absolute atomic E-state index is 12.6. The molecular weight excluding hydrogens is 376 g/mol. The van der Waals surface area contributed by atoms with E-state index in [4.69, 9.17) is 24.4 Å². The van der Waals surface area contributed by atoms with Gasteiger partial charge in [0.1, 0.15) is 17.4 Å². The van der Waals surface area contributed by atoms with Gasteiger partial charge >= 0.3 is 5.97 Å². The Balaban J connectivity index is 2.52. The van der Waals surface area contributed by atoms with E-state index >= 15 is 0 Å². The Kier molecular flexibility index (Phi) is 6.98. The van der Waals surface area contributed by atoms with Crippen LogP contribution in [0.5, 0.6) is 17.2 Å². The number of rotatable bonds is 8. The van der Waals surface area contributed by atoms with Crippen LogP contribution in [0.15, 0.2) is 30.6 Å². The minimum atomic E-state index is -0.916. The van der Waals surface area contributed by atoms with Gasteiger partial charge in [0.25, 0.3) is 0 Å². The van der Waals surface area contributed by atoms with E-state index in [2.05, 4.69) is 15.3 Å². The summed E-state index contributed by atoms with van der Waals surface area (Å²) in [7, 11) is 4.47. The van der Waals surface area contributed by atoms with Crippen LogP contribution in [-0.4, -0.2) is 48.6 Å². The summed E-state index contributed by atoms with van der Waals surface area (Å²) in [6.45, 7) is 5.21. The van der Waals surface area contributed by atoms with Crippen molar-refractivity contribution < 1.29 is 23.7 Å². The molecule has 0 saturated heterocycles. The van der Waals surface area contributed by atoms with E-state index in [0.717, 1.165) is 0 Å². The molecule has 0 amide bonds. The molecule has 9 nitrogen and oxygen atoms in total. The minimum Gasteiger partial charge on any atom is -0.493 e. The van der Waals surface area contributed by atoms with Crippen molar-refractivity contribution in [3.05, 3.63) is 36.2 Å². The lowest BCUT2D eigenvalue weighted by molar-refractivity contribution is -0.146. The molecule has 2 aromatic rings. The number of hydrogen-bond acceptors (Lipinski definition) is 9. The summed E-state index contributed by atoms with van der Waals surface area (Å²) < 4.78 is 21.5. The third-order valence-corrected chi connectivity index (χ3v) is 3.77. The molecular formula is C20H26N4O5. The first kappa shape index (κ1) is 21.9. The zero-order chi connectivity index (χ0) is 21.6. The molecule has 2 N–H and O–H groups in total. The van der Waals surface area contributed by atoms with Crippen LogP contribution in [0.25, 0.3) is 0 Å². The van der Waals surface area contributed by atoms with Crippen LogP contribution in [-0.2, 0) is 9.53 Å². The topological polar surface area (TPSA) is 116 Å². The third-order valence-electron chi connectivity index (χ3n) is 3.77. The fourth-order valence-electron chi connectivity index (χ4n) is 2.54. The van der Waals surface area contributed by atoms with Gasteiger partial charge < -0.3 is 24.3 Å². The summed E-state index contributed by atoms with van der Waals surface area (Å²) in [5, 5.41) is 11.5. The SMILES string of the molecule is COc1cc(C(Nc2ncccn2)C(=N)C(=O)OC(C)(C)C)cc(OC)c1OC. The average molecular weight is 402 g/mol. The van der Waals surface area contributed by atoms with Crippen LogP contribution in [0.3, 0.4) is 0 Å². The highest BCUT2D eigenvalue weighted by Gasteiger charge is 2.30. The second-order valence-corrected chi connectivity index (χ2v) is 7.02. The highest BCUT2D eigenvalue weighted by Crippen LogP contribution is 2.40. The Hall–Kier alpha value is -3.36. The summed E-state index contributed by atoms with van der Waals surface area (Å²) >= 11 is 0. The van der Waals surface area contributed by atoms with Crippen molar-refractivity contribution >= 4 is 17.6 Å². The second kappa shape index (κ2) is 9.22. The lowest BCUT2D eigenvalue weighted by Crippen LogP contribution is -2.34. The summed E-state index contributed by atoms with van der Waals surface area (Å²) in [6.07, 6.45) is 3.11. The number of ether oxygens (including phenoxy) is 4. The predicted octanol–water partition coefficient (Wildman–Crippen LogP) is 3.02. The number of anilines is 1. The van der Waals surface area contributed by atoms with Gasteiger partial charge in [-0.2, -0.15) is 0 Å². The molecule has 0 bridgehead atoms. The van der Waals surface area contributed by atoms with Crippen molar-refractivity contribution in [2.75, 3.05) is 26.6 Å². The van der Waals surface area contributed by atoms with Gasteiger partial charge in [-0.1, -0.05) is 0 Å². The van der Waals surface area contributed by atoms with Gasteiger partial charge in [0.05, 0.1) is 21.3 Å². The average Bonchev–Trinajstić information content (AvgIpc) is 2.69. The van der Waals surface area contributed by atoms with Gasteiger partial charge in [-0.15, -0.1) is 0 Å².